The number of allylic oxidation sites excluding steroid dienone is 1. The highest BCUT2D eigenvalue weighted by atomic mass is 127. The zero-order chi connectivity index (χ0) is 15.0. The molecule has 0 aliphatic carbocycles. The largest absolute Gasteiger partial charge is 0.331 e. The predicted molar refractivity (Wildman–Crippen MR) is 102 cm³/mol. The van der Waals surface area contributed by atoms with Crippen molar-refractivity contribution in [3.8, 4) is 0 Å². The molecule has 0 aromatic carbocycles. The van der Waals surface area contributed by atoms with Crippen LogP contribution >= 0.6 is 35.7 Å². The van der Waals surface area contributed by atoms with Crippen molar-refractivity contribution in [1.29, 1.82) is 0 Å². The van der Waals surface area contributed by atoms with Crippen molar-refractivity contribution in [2.75, 3.05) is 6.54 Å². The molecular formula is C14H36INO2S. The van der Waals surface area contributed by atoms with Crippen molar-refractivity contribution in [3.05, 3.63) is 11.5 Å². The third kappa shape index (κ3) is 32.3. The van der Waals surface area contributed by atoms with Gasteiger partial charge in [-0.15, -0.1) is 35.7 Å². The fourth-order valence-electron chi connectivity index (χ4n) is 0.692. The Bertz CT molecular complexity index is 171. The quantitative estimate of drug-likeness (QED) is 0.339. The van der Waals surface area contributed by atoms with E-state index in [1.165, 1.54) is 12.8 Å². The fourth-order valence-corrected chi connectivity index (χ4v) is 1.55. The van der Waals surface area contributed by atoms with E-state index in [1.807, 2.05) is 32.5 Å². The molecule has 3 N–H and O–H groups in total. The van der Waals surface area contributed by atoms with Crippen LogP contribution in [-0.2, 0) is 4.89 Å². The average molecular weight is 409 g/mol. The van der Waals surface area contributed by atoms with Crippen LogP contribution in [0.1, 0.15) is 62.7 Å². The van der Waals surface area contributed by atoms with Gasteiger partial charge in [-0.3, -0.25) is 5.26 Å². The Labute approximate surface area is 143 Å². The lowest BCUT2D eigenvalue weighted by Crippen LogP contribution is -2.15. The molecule has 1 unspecified atom stereocenters. The molecule has 122 valence electrons. The summed E-state index contributed by atoms with van der Waals surface area (Å²) in [4.78, 5) is 3.94. The zero-order valence-corrected chi connectivity index (χ0v) is 16.7. The van der Waals surface area contributed by atoms with E-state index >= 15 is 0 Å². The van der Waals surface area contributed by atoms with Gasteiger partial charge >= 0.3 is 0 Å². The molecule has 1 aliphatic rings. The topological polar surface area (TPSA) is 55.5 Å². The maximum Gasteiger partial charge on any atom is 0.0949 e. The molecule has 19 heavy (non-hydrogen) atoms. The van der Waals surface area contributed by atoms with E-state index in [0.29, 0.717) is 0 Å². The molecule has 0 aromatic heterocycles. The maximum atomic E-state index is 7.90. The number of thioether (sulfide) groups is 1. The van der Waals surface area contributed by atoms with Crippen LogP contribution in [0.2, 0.25) is 0 Å². The van der Waals surface area contributed by atoms with E-state index in [0.717, 1.165) is 11.8 Å². The van der Waals surface area contributed by atoms with E-state index in [9.17, 15) is 0 Å². The van der Waals surface area contributed by atoms with E-state index in [1.54, 1.807) is 20.8 Å². The van der Waals surface area contributed by atoms with E-state index < -0.39 is 5.60 Å². The summed E-state index contributed by atoms with van der Waals surface area (Å²) < 4.78 is 0. The van der Waals surface area contributed by atoms with E-state index in [4.69, 9.17) is 11.0 Å². The minimum Gasteiger partial charge on any atom is -0.331 e. The molecule has 0 radical (unpaired) electrons. The van der Waals surface area contributed by atoms with Crippen LogP contribution in [0.5, 0.6) is 0 Å². The van der Waals surface area contributed by atoms with Crippen LogP contribution in [0, 0.1) is 0 Å². The van der Waals surface area contributed by atoms with Crippen LogP contribution in [0.15, 0.2) is 11.5 Å². The molecule has 5 heteroatoms. The van der Waals surface area contributed by atoms with Crippen LogP contribution in [0.3, 0.4) is 0 Å². The summed E-state index contributed by atoms with van der Waals surface area (Å²) in [6.07, 6.45) is 4.86. The van der Waals surface area contributed by atoms with Gasteiger partial charge in [-0.25, -0.2) is 4.89 Å². The van der Waals surface area contributed by atoms with Crippen LogP contribution in [-0.4, -0.2) is 22.7 Å². The van der Waals surface area contributed by atoms with Crippen LogP contribution in [0.4, 0.5) is 0 Å². The minimum absolute atomic E-state index is 0. The van der Waals surface area contributed by atoms with Gasteiger partial charge in [-0.05, 0) is 45.6 Å². The Hall–Kier alpha value is 0.700. The monoisotopic (exact) mass is 409 g/mol. The van der Waals surface area contributed by atoms with E-state index in [2.05, 4.69) is 23.3 Å². The molecule has 0 aromatic rings. The number of nitrogens with two attached hydrogens (primary N) is 1. The molecular weight excluding hydrogens is 373 g/mol. The van der Waals surface area contributed by atoms with Gasteiger partial charge in [0, 0.05) is 6.68 Å². The van der Waals surface area contributed by atoms with Gasteiger partial charge in [-0.2, -0.15) is 0 Å². The van der Waals surface area contributed by atoms with Crippen molar-refractivity contribution in [1.82, 2.24) is 0 Å². The van der Waals surface area contributed by atoms with Crippen molar-refractivity contribution >= 4 is 35.7 Å². The highest BCUT2D eigenvalue weighted by molar-refractivity contribution is 14.0. The average Bonchev–Trinajstić information content (AvgIpc) is 2.85. The number of hydrogen-bond acceptors (Lipinski definition) is 4. The maximum absolute atomic E-state index is 7.90. The first-order valence-corrected chi connectivity index (χ1v) is 7.68. The van der Waals surface area contributed by atoms with Gasteiger partial charge in [0.15, 0.2) is 0 Å². The highest BCUT2D eigenvalue weighted by Gasteiger charge is 2.07. The summed E-state index contributed by atoms with van der Waals surface area (Å²) in [7, 11) is 0. The molecule has 0 saturated heterocycles. The lowest BCUT2D eigenvalue weighted by molar-refractivity contribution is -0.306. The Morgan fingerprint density at radius 2 is 1.74 bits per heavy atom. The molecule has 0 saturated carbocycles. The number of hydrogen-bond donors (Lipinski definition) is 2. The lowest BCUT2D eigenvalue weighted by Gasteiger charge is -2.10. The molecule has 1 heterocycles. The Kier molecular flexibility index (Phi) is 30.9. The second kappa shape index (κ2) is 21.0. The smallest absolute Gasteiger partial charge is 0.0949 e. The molecule has 3 nitrogen and oxygen atoms in total. The first kappa shape index (κ1) is 27.9. The summed E-state index contributed by atoms with van der Waals surface area (Å²) in [5, 5.41) is 11.0. The summed E-state index contributed by atoms with van der Waals surface area (Å²) in [6, 6.07) is 0. The van der Waals surface area contributed by atoms with Crippen molar-refractivity contribution < 1.29 is 11.6 Å². The second-order valence-electron chi connectivity index (χ2n) is 4.39. The van der Waals surface area contributed by atoms with Gasteiger partial charge in [-0.1, -0.05) is 33.8 Å². The summed E-state index contributed by atoms with van der Waals surface area (Å²) in [6.45, 7) is 14.2. The predicted octanol–water partition coefficient (Wildman–Crippen LogP) is 5.55. The van der Waals surface area contributed by atoms with E-state index in [-0.39, 0.29) is 25.4 Å². The first-order chi connectivity index (χ1) is 8.41. The Morgan fingerprint density at radius 3 is 1.84 bits per heavy atom. The summed E-state index contributed by atoms with van der Waals surface area (Å²) in [5.41, 5.74) is 4.44. The van der Waals surface area contributed by atoms with Crippen molar-refractivity contribution in [3.63, 3.8) is 0 Å². The minimum atomic E-state index is -0.403. The third-order valence-electron chi connectivity index (χ3n) is 1.50. The third-order valence-corrected chi connectivity index (χ3v) is 2.76. The molecule has 1 atom stereocenters. The summed E-state index contributed by atoms with van der Waals surface area (Å²) in [5.74, 6) is 0. The Balaban J connectivity index is -0.0000000534. The van der Waals surface area contributed by atoms with Gasteiger partial charge in [0.25, 0.3) is 0 Å². The molecule has 0 bridgehead atoms. The first-order valence-electron chi connectivity index (χ1n) is 6.74. The molecule has 0 spiro atoms. The van der Waals surface area contributed by atoms with Gasteiger partial charge in [0.1, 0.15) is 0 Å². The zero-order valence-electron chi connectivity index (χ0n) is 13.6. The number of rotatable bonds is 1. The summed E-state index contributed by atoms with van der Waals surface area (Å²) >= 11 is 1.96. The van der Waals surface area contributed by atoms with Crippen molar-refractivity contribution in [2.45, 2.75) is 72.2 Å². The standard InChI is InChI=1S/C6H10S.C4H10O2.C2H7N.C2H6.HI.H2/c1-2-6-4-3-5-7-6;1-4(2,3)6-5;1-2-3;1-2;;/h3,5-6H,2,4H2,1H3;5H,1-3H3;2-3H2,1H3;1-2H3;2*1H. The molecule has 1 aliphatic heterocycles. The van der Waals surface area contributed by atoms with Crippen LogP contribution < -0.4 is 5.73 Å². The van der Waals surface area contributed by atoms with Crippen LogP contribution in [0.25, 0.3) is 0 Å². The van der Waals surface area contributed by atoms with Gasteiger partial charge in [0.2, 0.25) is 0 Å². The molecule has 1 rings (SSSR count). The molecule has 0 amide bonds. The second-order valence-corrected chi connectivity index (χ2v) is 5.60. The Morgan fingerprint density at radius 1 is 1.37 bits per heavy atom. The SMILES string of the molecule is CC.CC(C)(C)OO.CCC1CC=CS1.CCN.I.[HH]. The van der Waals surface area contributed by atoms with Gasteiger partial charge < -0.3 is 5.73 Å². The lowest BCUT2D eigenvalue weighted by atomic mass is 10.2. The molecule has 0 fully saturated rings. The number of halogens is 1. The van der Waals surface area contributed by atoms with Crippen molar-refractivity contribution in [2.24, 2.45) is 5.73 Å². The fraction of sp³-hybridized carbons (Fsp3) is 0.857. The normalized spacial score (nSPS) is 15.7. The van der Waals surface area contributed by atoms with Gasteiger partial charge in [0.05, 0.1) is 5.60 Å². The highest BCUT2D eigenvalue weighted by Crippen LogP contribution is 2.25.